The molecule has 0 radical (unpaired) electrons. The number of amides is 1. The van der Waals surface area contributed by atoms with Gasteiger partial charge in [0.25, 0.3) is 0 Å². The Morgan fingerprint density at radius 2 is 0.676 bits per heavy atom. The molecule has 2 unspecified atom stereocenters. The number of hydrogen-bond acceptors (Lipinski definition) is 5. The van der Waals surface area contributed by atoms with Gasteiger partial charge in [-0.05, 0) is 51.4 Å². The Morgan fingerprint density at radius 3 is 1.04 bits per heavy atom. The maximum absolute atomic E-state index is 12.5. The van der Waals surface area contributed by atoms with E-state index in [2.05, 4.69) is 31.3 Å². The Kier molecular flexibility index (Phi) is 59.5. The summed E-state index contributed by atoms with van der Waals surface area (Å²) in [6, 6.07) is -0.629. The zero-order valence-corrected chi connectivity index (χ0v) is 48.0. The van der Waals surface area contributed by atoms with Crippen LogP contribution < -0.4 is 5.32 Å². The minimum absolute atomic E-state index is 0.000774. The Hall–Kier alpha value is -1.66. The largest absolute Gasteiger partial charge is 0.466 e. The average molecular weight is 1000 g/mol. The molecule has 0 aliphatic rings. The maximum atomic E-state index is 12.5. The van der Waals surface area contributed by atoms with Crippen LogP contribution in [0, 0.1) is 0 Å². The van der Waals surface area contributed by atoms with Crippen molar-refractivity contribution < 1.29 is 24.5 Å². The van der Waals surface area contributed by atoms with Crippen LogP contribution in [0.3, 0.4) is 0 Å². The first-order valence-corrected chi connectivity index (χ1v) is 32.1. The summed E-state index contributed by atoms with van der Waals surface area (Å²) in [5, 5.41) is 23.2. The summed E-state index contributed by atoms with van der Waals surface area (Å²) < 4.78 is 5.46. The molecule has 71 heavy (non-hydrogen) atoms. The summed E-state index contributed by atoms with van der Waals surface area (Å²) in [5.41, 5.74) is 0. The number of carbonyl (C=O) groups is 2. The Labute approximate surface area is 443 Å². The Bertz CT molecular complexity index is 1110. The molecule has 0 saturated carbocycles. The van der Waals surface area contributed by atoms with Crippen LogP contribution in [0.4, 0.5) is 0 Å². The summed E-state index contributed by atoms with van der Waals surface area (Å²) in [6.45, 7) is 4.89. The van der Waals surface area contributed by atoms with Crippen LogP contribution in [0.2, 0.25) is 0 Å². The summed E-state index contributed by atoms with van der Waals surface area (Å²) in [4.78, 5) is 24.5. The lowest BCUT2D eigenvalue weighted by molar-refractivity contribution is -0.143. The molecule has 0 heterocycles. The van der Waals surface area contributed by atoms with Crippen molar-refractivity contribution in [3.8, 4) is 0 Å². The third kappa shape index (κ3) is 57.5. The molecule has 0 aliphatic heterocycles. The van der Waals surface area contributed by atoms with E-state index in [4.69, 9.17) is 4.74 Å². The van der Waals surface area contributed by atoms with Gasteiger partial charge in [-0.1, -0.05) is 314 Å². The first kappa shape index (κ1) is 69.3. The second-order valence-electron chi connectivity index (χ2n) is 22.1. The highest BCUT2D eigenvalue weighted by atomic mass is 16.5. The number of carbonyl (C=O) groups excluding carboxylic acids is 2. The monoisotopic (exact) mass is 1000 g/mol. The molecule has 0 aliphatic carbocycles. The highest BCUT2D eigenvalue weighted by molar-refractivity contribution is 5.76. The fourth-order valence-corrected chi connectivity index (χ4v) is 10.0. The maximum Gasteiger partial charge on any atom is 0.305 e. The number of ether oxygens (including phenoxy) is 1. The van der Waals surface area contributed by atoms with Gasteiger partial charge in [0.1, 0.15) is 0 Å². The molecular weight excluding hydrogens is 875 g/mol. The van der Waals surface area contributed by atoms with E-state index in [9.17, 15) is 19.8 Å². The van der Waals surface area contributed by atoms with Crippen LogP contribution >= 0.6 is 0 Å². The van der Waals surface area contributed by atoms with Crippen molar-refractivity contribution in [3.63, 3.8) is 0 Å². The second-order valence-corrected chi connectivity index (χ2v) is 22.1. The van der Waals surface area contributed by atoms with Crippen molar-refractivity contribution in [1.29, 1.82) is 0 Å². The van der Waals surface area contributed by atoms with E-state index in [1.54, 1.807) is 6.08 Å². The number of hydrogen-bond donors (Lipinski definition) is 3. The minimum atomic E-state index is -0.846. The molecule has 0 rings (SSSR count). The van der Waals surface area contributed by atoms with E-state index < -0.39 is 12.1 Å². The number of aliphatic hydroxyl groups excluding tert-OH is 2. The molecule has 0 spiro atoms. The van der Waals surface area contributed by atoms with Crippen LogP contribution in [0.5, 0.6) is 0 Å². The summed E-state index contributed by atoms with van der Waals surface area (Å²) in [5.74, 6) is -0.0648. The van der Waals surface area contributed by atoms with E-state index >= 15 is 0 Å². The topological polar surface area (TPSA) is 95.9 Å². The lowest BCUT2D eigenvalue weighted by Crippen LogP contribution is -2.45. The molecule has 420 valence electrons. The summed E-state index contributed by atoms with van der Waals surface area (Å²) in [7, 11) is 0. The predicted molar refractivity (Wildman–Crippen MR) is 310 cm³/mol. The van der Waals surface area contributed by atoms with Crippen molar-refractivity contribution in [2.75, 3.05) is 13.2 Å². The zero-order chi connectivity index (χ0) is 51.4. The van der Waals surface area contributed by atoms with E-state index in [-0.39, 0.29) is 18.5 Å². The van der Waals surface area contributed by atoms with Crippen LogP contribution in [0.15, 0.2) is 24.3 Å². The molecule has 2 atom stereocenters. The van der Waals surface area contributed by atoms with Gasteiger partial charge in [-0.25, -0.2) is 0 Å². The molecule has 0 aromatic carbocycles. The van der Waals surface area contributed by atoms with E-state index in [1.165, 1.54) is 283 Å². The predicted octanol–water partition coefficient (Wildman–Crippen LogP) is 20.2. The minimum Gasteiger partial charge on any atom is -0.466 e. The standard InChI is InChI=1S/C65H125NO5/c1-3-5-7-9-11-13-15-16-17-18-19-20-22-25-28-31-34-38-41-45-49-53-57-63(68)62(61-67)66-64(69)58-54-50-46-42-39-35-32-29-26-23-21-24-27-30-33-36-40-44-48-52-56-60-71-65(70)59-55-51-47-43-37-14-12-10-8-6-4-2/h10,12,53,57,62-63,67-68H,3-9,11,13-52,54-56,58-61H2,1-2H3,(H,66,69)/b12-10-,57-53+. The lowest BCUT2D eigenvalue weighted by atomic mass is 10.0. The molecule has 0 aromatic rings. The number of aliphatic hydroxyl groups is 2. The smallest absolute Gasteiger partial charge is 0.305 e. The van der Waals surface area contributed by atoms with Crippen molar-refractivity contribution in [1.82, 2.24) is 5.32 Å². The van der Waals surface area contributed by atoms with Gasteiger partial charge in [-0.3, -0.25) is 9.59 Å². The van der Waals surface area contributed by atoms with E-state index in [0.717, 1.165) is 44.9 Å². The number of unbranched alkanes of at least 4 members (excludes halogenated alkanes) is 47. The fourth-order valence-electron chi connectivity index (χ4n) is 10.0. The van der Waals surface area contributed by atoms with Gasteiger partial charge in [-0.2, -0.15) is 0 Å². The summed E-state index contributed by atoms with van der Waals surface area (Å²) in [6.07, 6.45) is 75.1. The van der Waals surface area contributed by atoms with Gasteiger partial charge < -0.3 is 20.3 Å². The Balaban J connectivity index is 3.43. The first-order chi connectivity index (χ1) is 35.0. The van der Waals surface area contributed by atoms with Gasteiger partial charge in [0.2, 0.25) is 5.91 Å². The molecule has 3 N–H and O–H groups in total. The first-order valence-electron chi connectivity index (χ1n) is 32.1. The highest BCUT2D eigenvalue weighted by Gasteiger charge is 2.18. The second kappa shape index (κ2) is 60.9. The van der Waals surface area contributed by atoms with Gasteiger partial charge >= 0.3 is 5.97 Å². The van der Waals surface area contributed by atoms with Crippen molar-refractivity contribution in [3.05, 3.63) is 24.3 Å². The fraction of sp³-hybridized carbons (Fsp3) is 0.908. The van der Waals surface area contributed by atoms with Gasteiger partial charge in [-0.15, -0.1) is 0 Å². The molecule has 0 aromatic heterocycles. The number of allylic oxidation sites excluding steroid dienone is 3. The van der Waals surface area contributed by atoms with Crippen LogP contribution in [0.1, 0.15) is 354 Å². The van der Waals surface area contributed by atoms with Gasteiger partial charge in [0.05, 0.1) is 25.4 Å². The molecule has 0 fully saturated rings. The SMILES string of the molecule is CCCC/C=C\CCCCCCCC(=O)OCCCCCCCCCCCCCCCCCCCCCCCC(=O)NC(CO)C(O)/C=C/CCCCCCCCCCCCCCCCCCCCCC. The van der Waals surface area contributed by atoms with E-state index in [0.29, 0.717) is 19.4 Å². The quantitative estimate of drug-likeness (QED) is 0.0320. The average Bonchev–Trinajstić information content (AvgIpc) is 3.37. The van der Waals surface area contributed by atoms with Crippen LogP contribution in [0.25, 0.3) is 0 Å². The molecule has 0 saturated heterocycles. The van der Waals surface area contributed by atoms with Crippen LogP contribution in [-0.2, 0) is 14.3 Å². The lowest BCUT2D eigenvalue weighted by Gasteiger charge is -2.20. The third-order valence-corrected chi connectivity index (χ3v) is 15.0. The zero-order valence-electron chi connectivity index (χ0n) is 48.0. The number of rotatable bonds is 60. The van der Waals surface area contributed by atoms with Crippen molar-refractivity contribution in [2.24, 2.45) is 0 Å². The molecular formula is C65H125NO5. The van der Waals surface area contributed by atoms with Crippen molar-refractivity contribution >= 4 is 11.9 Å². The number of nitrogens with one attached hydrogen (secondary N) is 1. The molecule has 1 amide bonds. The van der Waals surface area contributed by atoms with Crippen molar-refractivity contribution in [2.45, 2.75) is 366 Å². The van der Waals surface area contributed by atoms with E-state index in [1.807, 2.05) is 6.08 Å². The molecule has 0 bridgehead atoms. The summed E-state index contributed by atoms with van der Waals surface area (Å²) >= 11 is 0. The Morgan fingerprint density at radius 1 is 0.380 bits per heavy atom. The molecule has 6 nitrogen and oxygen atoms in total. The van der Waals surface area contributed by atoms with Crippen LogP contribution in [-0.4, -0.2) is 47.4 Å². The number of esters is 1. The highest BCUT2D eigenvalue weighted by Crippen LogP contribution is 2.18. The van der Waals surface area contributed by atoms with Gasteiger partial charge in [0.15, 0.2) is 0 Å². The third-order valence-electron chi connectivity index (χ3n) is 15.0. The normalized spacial score (nSPS) is 12.7. The van der Waals surface area contributed by atoms with Gasteiger partial charge in [0, 0.05) is 12.8 Å². The molecule has 6 heteroatoms.